The Bertz CT molecular complexity index is 396. The van der Waals surface area contributed by atoms with Gasteiger partial charge in [-0.15, -0.1) is 12.4 Å². The second kappa shape index (κ2) is 2.86. The Labute approximate surface area is 74.8 Å². The summed E-state index contributed by atoms with van der Waals surface area (Å²) in [7, 11) is 0. The molecule has 0 aliphatic rings. The Morgan fingerprint density at radius 3 is 2.75 bits per heavy atom. The van der Waals surface area contributed by atoms with E-state index in [9.17, 15) is 0 Å². The van der Waals surface area contributed by atoms with Crippen LogP contribution in [0.4, 0.5) is 11.5 Å². The first kappa shape index (κ1) is 8.61. The van der Waals surface area contributed by atoms with Crippen molar-refractivity contribution >= 4 is 29.6 Å². The van der Waals surface area contributed by atoms with E-state index in [-0.39, 0.29) is 12.4 Å². The van der Waals surface area contributed by atoms with Gasteiger partial charge in [0.25, 0.3) is 0 Å². The fourth-order valence-corrected chi connectivity index (χ4v) is 0.928. The van der Waals surface area contributed by atoms with Gasteiger partial charge in [0.1, 0.15) is 5.82 Å². The van der Waals surface area contributed by atoms with E-state index in [0.717, 1.165) is 0 Å². The van der Waals surface area contributed by atoms with Crippen LogP contribution in [-0.2, 0) is 0 Å². The Kier molecular flexibility index (Phi) is 2.05. The SMILES string of the molecule is Cl.Nc1cnn2c(N)ccnc12. The van der Waals surface area contributed by atoms with Gasteiger partial charge in [-0.1, -0.05) is 0 Å². The molecule has 0 aliphatic heterocycles. The zero-order valence-electron chi connectivity index (χ0n) is 6.14. The van der Waals surface area contributed by atoms with Crippen molar-refractivity contribution in [3.8, 4) is 0 Å². The first-order valence-electron chi connectivity index (χ1n) is 3.13. The lowest BCUT2D eigenvalue weighted by Gasteiger charge is -1.95. The molecule has 2 rings (SSSR count). The number of nitrogens with zero attached hydrogens (tertiary/aromatic N) is 3. The molecule has 2 aromatic heterocycles. The summed E-state index contributed by atoms with van der Waals surface area (Å²) in [5.74, 6) is 0.534. The van der Waals surface area contributed by atoms with Crippen LogP contribution in [-0.4, -0.2) is 14.6 Å². The van der Waals surface area contributed by atoms with Crippen LogP contribution in [0.3, 0.4) is 0 Å². The largest absolute Gasteiger partial charge is 0.394 e. The smallest absolute Gasteiger partial charge is 0.180 e. The number of anilines is 2. The molecule has 5 nitrogen and oxygen atoms in total. The Hall–Kier alpha value is -1.49. The van der Waals surface area contributed by atoms with Crippen molar-refractivity contribution in [3.05, 3.63) is 18.5 Å². The maximum atomic E-state index is 5.57. The minimum atomic E-state index is 0. The molecule has 0 aromatic carbocycles. The molecule has 0 amide bonds. The third-order valence-corrected chi connectivity index (χ3v) is 1.46. The van der Waals surface area contributed by atoms with Crippen molar-refractivity contribution in [2.75, 3.05) is 11.5 Å². The monoisotopic (exact) mass is 185 g/mol. The van der Waals surface area contributed by atoms with Gasteiger partial charge in [0.2, 0.25) is 0 Å². The summed E-state index contributed by atoms with van der Waals surface area (Å²) >= 11 is 0. The van der Waals surface area contributed by atoms with E-state index in [1.807, 2.05) is 0 Å². The molecular formula is C6H8ClN5. The molecule has 6 heteroatoms. The number of halogens is 1. The molecule has 0 saturated carbocycles. The van der Waals surface area contributed by atoms with E-state index < -0.39 is 0 Å². The molecule has 0 unspecified atom stereocenters. The van der Waals surface area contributed by atoms with Gasteiger partial charge in [-0.2, -0.15) is 9.61 Å². The molecule has 0 atom stereocenters. The van der Waals surface area contributed by atoms with Crippen LogP contribution < -0.4 is 11.5 Å². The van der Waals surface area contributed by atoms with Crippen molar-refractivity contribution in [1.29, 1.82) is 0 Å². The molecule has 2 aromatic rings. The average Bonchev–Trinajstić information content (AvgIpc) is 2.35. The highest BCUT2D eigenvalue weighted by atomic mass is 35.5. The summed E-state index contributed by atoms with van der Waals surface area (Å²) in [6, 6.07) is 1.67. The molecule has 0 bridgehead atoms. The molecule has 0 saturated heterocycles. The van der Waals surface area contributed by atoms with Gasteiger partial charge in [0.05, 0.1) is 11.9 Å². The molecule has 0 spiro atoms. The molecule has 2 heterocycles. The van der Waals surface area contributed by atoms with Crippen LogP contribution in [0, 0.1) is 0 Å². The normalized spacial score (nSPS) is 9.67. The third-order valence-electron chi connectivity index (χ3n) is 1.46. The zero-order chi connectivity index (χ0) is 7.84. The van der Waals surface area contributed by atoms with Gasteiger partial charge in [0, 0.05) is 6.20 Å². The van der Waals surface area contributed by atoms with E-state index >= 15 is 0 Å². The topological polar surface area (TPSA) is 82.2 Å². The summed E-state index contributed by atoms with van der Waals surface area (Å²) < 4.78 is 1.50. The quantitative estimate of drug-likeness (QED) is 0.619. The minimum absolute atomic E-state index is 0. The van der Waals surface area contributed by atoms with E-state index in [1.165, 1.54) is 10.7 Å². The number of fused-ring (bicyclic) bond motifs is 1. The number of aromatic nitrogens is 3. The highest BCUT2D eigenvalue weighted by molar-refractivity contribution is 5.85. The second-order valence-electron chi connectivity index (χ2n) is 2.21. The molecule has 0 fully saturated rings. The number of rotatable bonds is 0. The Balaban J connectivity index is 0.000000720. The maximum absolute atomic E-state index is 5.57. The predicted molar refractivity (Wildman–Crippen MR) is 49.1 cm³/mol. The second-order valence-corrected chi connectivity index (χ2v) is 2.21. The molecular weight excluding hydrogens is 178 g/mol. The first-order valence-corrected chi connectivity index (χ1v) is 3.13. The molecule has 12 heavy (non-hydrogen) atoms. The van der Waals surface area contributed by atoms with Crippen molar-refractivity contribution in [2.45, 2.75) is 0 Å². The highest BCUT2D eigenvalue weighted by Gasteiger charge is 2.01. The van der Waals surface area contributed by atoms with Crippen LogP contribution in [0.15, 0.2) is 18.5 Å². The van der Waals surface area contributed by atoms with Gasteiger partial charge in [-0.05, 0) is 6.07 Å². The highest BCUT2D eigenvalue weighted by Crippen LogP contribution is 2.11. The maximum Gasteiger partial charge on any atom is 0.180 e. The lowest BCUT2D eigenvalue weighted by Crippen LogP contribution is -1.99. The molecule has 4 N–H and O–H groups in total. The summed E-state index contributed by atoms with van der Waals surface area (Å²) in [5.41, 5.74) is 12.3. The predicted octanol–water partition coefficient (Wildman–Crippen LogP) is 0.316. The fraction of sp³-hybridized carbons (Fsp3) is 0. The standard InChI is InChI=1S/C6H7N5.ClH/c7-4-3-10-11-5(8)1-2-9-6(4)11;/h1-3H,7-8H2;1H. The summed E-state index contributed by atoms with van der Waals surface area (Å²) in [6.45, 7) is 0. The van der Waals surface area contributed by atoms with Crippen LogP contribution in [0.25, 0.3) is 5.65 Å². The van der Waals surface area contributed by atoms with Gasteiger partial charge in [-0.25, -0.2) is 4.98 Å². The van der Waals surface area contributed by atoms with Gasteiger partial charge >= 0.3 is 0 Å². The van der Waals surface area contributed by atoms with Crippen LogP contribution in [0.5, 0.6) is 0 Å². The summed E-state index contributed by atoms with van der Waals surface area (Å²) in [6.07, 6.45) is 3.13. The van der Waals surface area contributed by atoms with Gasteiger partial charge in [0.15, 0.2) is 5.65 Å². The van der Waals surface area contributed by atoms with Crippen molar-refractivity contribution in [3.63, 3.8) is 0 Å². The number of hydrogen-bond donors (Lipinski definition) is 2. The van der Waals surface area contributed by atoms with E-state index in [1.54, 1.807) is 12.3 Å². The first-order chi connectivity index (χ1) is 5.29. The van der Waals surface area contributed by atoms with Gasteiger partial charge < -0.3 is 11.5 Å². The number of hydrogen-bond acceptors (Lipinski definition) is 4. The third kappa shape index (κ3) is 1.04. The number of nitrogen functional groups attached to an aromatic ring is 2. The zero-order valence-corrected chi connectivity index (χ0v) is 6.95. The minimum Gasteiger partial charge on any atom is -0.394 e. The fourth-order valence-electron chi connectivity index (χ4n) is 0.928. The van der Waals surface area contributed by atoms with Crippen LogP contribution in [0.2, 0.25) is 0 Å². The summed E-state index contributed by atoms with van der Waals surface area (Å²) in [5, 5.41) is 3.92. The lowest BCUT2D eigenvalue weighted by molar-refractivity contribution is 0.952. The van der Waals surface area contributed by atoms with E-state index in [0.29, 0.717) is 17.2 Å². The molecule has 0 aliphatic carbocycles. The van der Waals surface area contributed by atoms with Crippen molar-refractivity contribution in [1.82, 2.24) is 14.6 Å². The average molecular weight is 186 g/mol. The Morgan fingerprint density at radius 2 is 2.08 bits per heavy atom. The van der Waals surface area contributed by atoms with E-state index in [2.05, 4.69) is 10.1 Å². The van der Waals surface area contributed by atoms with Crippen molar-refractivity contribution in [2.24, 2.45) is 0 Å². The van der Waals surface area contributed by atoms with Crippen LogP contribution in [0.1, 0.15) is 0 Å². The Morgan fingerprint density at radius 1 is 1.33 bits per heavy atom. The van der Waals surface area contributed by atoms with Gasteiger partial charge in [-0.3, -0.25) is 0 Å². The van der Waals surface area contributed by atoms with Crippen LogP contribution >= 0.6 is 12.4 Å². The number of nitrogens with two attached hydrogens (primary N) is 2. The summed E-state index contributed by atoms with van der Waals surface area (Å²) in [4.78, 5) is 4.00. The molecule has 0 radical (unpaired) electrons. The van der Waals surface area contributed by atoms with Crippen molar-refractivity contribution < 1.29 is 0 Å². The molecule has 64 valence electrons. The lowest BCUT2D eigenvalue weighted by atomic mass is 10.5. The van der Waals surface area contributed by atoms with E-state index in [4.69, 9.17) is 11.5 Å².